The van der Waals surface area contributed by atoms with Crippen molar-refractivity contribution in [1.29, 1.82) is 0 Å². The number of fused-ring (bicyclic) bond motifs is 1. The summed E-state index contributed by atoms with van der Waals surface area (Å²) in [6.07, 6.45) is 2.52. The fourth-order valence-electron chi connectivity index (χ4n) is 3.64. The van der Waals surface area contributed by atoms with E-state index in [2.05, 4.69) is 68.6 Å². The lowest BCUT2D eigenvalue weighted by atomic mass is 10.0. The van der Waals surface area contributed by atoms with E-state index in [9.17, 15) is 0 Å². The van der Waals surface area contributed by atoms with Crippen LogP contribution >= 0.6 is 0 Å². The Morgan fingerprint density at radius 1 is 0.931 bits per heavy atom. The molecule has 3 heterocycles. The molecule has 1 fully saturated rings. The van der Waals surface area contributed by atoms with Crippen molar-refractivity contribution in [3.05, 3.63) is 60.6 Å². The lowest BCUT2D eigenvalue weighted by Gasteiger charge is -2.28. The molecule has 5 rings (SSSR count). The number of aromatic nitrogens is 3. The molecule has 0 spiro atoms. The molecule has 1 aliphatic rings. The Bertz CT molecular complexity index is 1130. The summed E-state index contributed by atoms with van der Waals surface area (Å²) in [7, 11) is 0. The van der Waals surface area contributed by atoms with Crippen LogP contribution in [0.25, 0.3) is 33.4 Å². The molecule has 2 aromatic carbocycles. The molecule has 1 saturated heterocycles. The van der Waals surface area contributed by atoms with Gasteiger partial charge < -0.3 is 14.2 Å². The van der Waals surface area contributed by atoms with Gasteiger partial charge in [-0.05, 0) is 41.5 Å². The van der Waals surface area contributed by atoms with Crippen LogP contribution in [0, 0.1) is 0 Å². The van der Waals surface area contributed by atoms with Gasteiger partial charge in [-0.3, -0.25) is 4.98 Å². The van der Waals surface area contributed by atoms with Crippen LogP contribution < -0.4 is 4.90 Å². The van der Waals surface area contributed by atoms with Gasteiger partial charge in [0.1, 0.15) is 0 Å². The van der Waals surface area contributed by atoms with Crippen molar-refractivity contribution in [1.82, 2.24) is 15.1 Å². The monoisotopic (exact) mass is 386 g/mol. The molecule has 6 heteroatoms. The highest BCUT2D eigenvalue weighted by molar-refractivity contribution is 5.87. The molecular formula is C23H22N4O2. The second kappa shape index (κ2) is 7.64. The van der Waals surface area contributed by atoms with E-state index in [1.807, 2.05) is 6.92 Å². The maximum atomic E-state index is 5.44. The maximum absolute atomic E-state index is 5.44. The van der Waals surface area contributed by atoms with Crippen molar-refractivity contribution in [3.8, 4) is 22.5 Å². The van der Waals surface area contributed by atoms with E-state index in [1.165, 1.54) is 11.3 Å². The van der Waals surface area contributed by atoms with Gasteiger partial charge in [0, 0.05) is 42.3 Å². The maximum Gasteiger partial charge on any atom is 0.226 e. The Kier molecular flexibility index (Phi) is 4.69. The topological polar surface area (TPSA) is 64.3 Å². The van der Waals surface area contributed by atoms with E-state index in [0.717, 1.165) is 54.8 Å². The van der Waals surface area contributed by atoms with Crippen molar-refractivity contribution in [3.63, 3.8) is 0 Å². The molecule has 0 radical (unpaired) electrons. The number of rotatable bonds is 4. The van der Waals surface area contributed by atoms with Crippen LogP contribution in [-0.2, 0) is 11.2 Å². The number of aryl methyl sites for hydroxylation is 1. The number of benzene rings is 2. The first-order valence-electron chi connectivity index (χ1n) is 9.96. The summed E-state index contributed by atoms with van der Waals surface area (Å²) in [6.45, 7) is 5.47. The Labute approximate surface area is 169 Å². The molecule has 29 heavy (non-hydrogen) atoms. The van der Waals surface area contributed by atoms with Gasteiger partial charge in [0.25, 0.3) is 0 Å². The zero-order valence-corrected chi connectivity index (χ0v) is 16.3. The molecule has 1 aliphatic heterocycles. The van der Waals surface area contributed by atoms with Gasteiger partial charge in [-0.15, -0.1) is 0 Å². The third-order valence-corrected chi connectivity index (χ3v) is 5.29. The highest BCUT2D eigenvalue weighted by Crippen LogP contribution is 2.28. The molecule has 6 nitrogen and oxygen atoms in total. The number of anilines is 1. The summed E-state index contributed by atoms with van der Waals surface area (Å²) < 4.78 is 10.7. The van der Waals surface area contributed by atoms with Crippen LogP contribution in [0.5, 0.6) is 0 Å². The first-order chi connectivity index (χ1) is 14.3. The molecule has 0 saturated carbocycles. The number of nitrogens with zero attached hydrogens (tertiary/aromatic N) is 4. The average Bonchev–Trinajstić information content (AvgIpc) is 3.28. The predicted molar refractivity (Wildman–Crippen MR) is 113 cm³/mol. The van der Waals surface area contributed by atoms with E-state index < -0.39 is 0 Å². The van der Waals surface area contributed by atoms with Crippen molar-refractivity contribution in [2.45, 2.75) is 13.3 Å². The third kappa shape index (κ3) is 3.59. The first-order valence-corrected chi connectivity index (χ1v) is 9.96. The highest BCUT2D eigenvalue weighted by atomic mass is 16.5. The van der Waals surface area contributed by atoms with E-state index in [-0.39, 0.29) is 0 Å². The largest absolute Gasteiger partial charge is 0.378 e. The molecule has 0 N–H and O–H groups in total. The summed E-state index contributed by atoms with van der Waals surface area (Å²) in [5.41, 5.74) is 5.39. The molecule has 0 unspecified atom stereocenters. The van der Waals surface area contributed by atoms with Crippen LogP contribution in [0.4, 0.5) is 5.69 Å². The van der Waals surface area contributed by atoms with Crippen molar-refractivity contribution >= 4 is 16.6 Å². The van der Waals surface area contributed by atoms with Gasteiger partial charge in [0.2, 0.25) is 11.7 Å². The normalized spacial score (nSPS) is 14.4. The van der Waals surface area contributed by atoms with E-state index in [1.54, 1.807) is 6.20 Å². The van der Waals surface area contributed by atoms with Crippen molar-refractivity contribution < 1.29 is 9.26 Å². The summed E-state index contributed by atoms with van der Waals surface area (Å²) in [6, 6.07) is 17.1. The Balaban J connectivity index is 1.45. The predicted octanol–water partition coefficient (Wildman–Crippen LogP) is 4.35. The minimum atomic E-state index is 0.580. The van der Waals surface area contributed by atoms with Crippen LogP contribution in [0.3, 0.4) is 0 Å². The number of pyridine rings is 1. The van der Waals surface area contributed by atoms with Crippen molar-refractivity contribution in [2.24, 2.45) is 0 Å². The second-order valence-electron chi connectivity index (χ2n) is 7.14. The van der Waals surface area contributed by atoms with E-state index >= 15 is 0 Å². The van der Waals surface area contributed by atoms with Crippen molar-refractivity contribution in [2.75, 3.05) is 31.2 Å². The molecule has 0 amide bonds. The quantitative estimate of drug-likeness (QED) is 0.520. The molecule has 0 bridgehead atoms. The first kappa shape index (κ1) is 17.8. The minimum absolute atomic E-state index is 0.580. The molecule has 0 aliphatic carbocycles. The zero-order chi connectivity index (χ0) is 19.6. The van der Waals surface area contributed by atoms with Gasteiger partial charge in [0.15, 0.2) is 0 Å². The fraction of sp³-hybridized carbons (Fsp3) is 0.261. The van der Waals surface area contributed by atoms with E-state index in [0.29, 0.717) is 11.7 Å². The minimum Gasteiger partial charge on any atom is -0.378 e. The molecule has 0 atom stereocenters. The van der Waals surface area contributed by atoms with E-state index in [4.69, 9.17) is 9.26 Å². The number of ether oxygens (including phenoxy) is 1. The lowest BCUT2D eigenvalue weighted by molar-refractivity contribution is 0.122. The van der Waals surface area contributed by atoms with Gasteiger partial charge in [-0.25, -0.2) is 0 Å². The SMILES string of the molecule is CCc1nc(-c2cnc3ccc(-c4ccc(N5CCOCC5)cc4)cc3c2)no1. The standard InChI is InChI=1S/C23H22N4O2/c1-2-22-25-23(26-29-22)19-14-18-13-17(5-8-21(18)24-15-19)16-3-6-20(7-4-16)27-9-11-28-12-10-27/h3-8,13-15H,2,9-12H2,1H3. The van der Waals surface area contributed by atoms with Gasteiger partial charge >= 0.3 is 0 Å². The lowest BCUT2D eigenvalue weighted by Crippen LogP contribution is -2.36. The Morgan fingerprint density at radius 2 is 1.69 bits per heavy atom. The average molecular weight is 386 g/mol. The highest BCUT2D eigenvalue weighted by Gasteiger charge is 2.12. The van der Waals surface area contributed by atoms with Gasteiger partial charge in [-0.2, -0.15) is 4.98 Å². The van der Waals surface area contributed by atoms with Gasteiger partial charge in [0.05, 0.1) is 18.7 Å². The molecule has 2 aromatic heterocycles. The number of hydrogen-bond donors (Lipinski definition) is 0. The molecular weight excluding hydrogens is 364 g/mol. The molecule has 146 valence electrons. The zero-order valence-electron chi connectivity index (χ0n) is 16.3. The summed E-state index contributed by atoms with van der Waals surface area (Å²) in [4.78, 5) is 11.3. The van der Waals surface area contributed by atoms with Crippen LogP contribution in [0.2, 0.25) is 0 Å². The summed E-state index contributed by atoms with van der Waals surface area (Å²) >= 11 is 0. The summed E-state index contributed by atoms with van der Waals surface area (Å²) in [5, 5.41) is 5.11. The smallest absolute Gasteiger partial charge is 0.226 e. The Morgan fingerprint density at radius 3 is 2.45 bits per heavy atom. The van der Waals surface area contributed by atoms with Crippen LogP contribution in [0.15, 0.2) is 59.3 Å². The fourth-order valence-corrected chi connectivity index (χ4v) is 3.64. The summed E-state index contributed by atoms with van der Waals surface area (Å²) in [5.74, 6) is 1.21. The van der Waals surface area contributed by atoms with Gasteiger partial charge in [-0.1, -0.05) is 30.3 Å². The third-order valence-electron chi connectivity index (χ3n) is 5.29. The number of hydrogen-bond acceptors (Lipinski definition) is 6. The van der Waals surface area contributed by atoms with Crippen LogP contribution in [-0.4, -0.2) is 41.4 Å². The van der Waals surface area contributed by atoms with Crippen LogP contribution in [0.1, 0.15) is 12.8 Å². The number of morpholine rings is 1. The molecule has 4 aromatic rings. The Hall–Kier alpha value is -3.25. The second-order valence-corrected chi connectivity index (χ2v) is 7.14.